The summed E-state index contributed by atoms with van der Waals surface area (Å²) in [5.74, 6) is 0. The molecule has 0 atom stereocenters. The maximum absolute atomic E-state index is 3.55. The van der Waals surface area contributed by atoms with E-state index in [0.717, 1.165) is 13.0 Å². The lowest BCUT2D eigenvalue weighted by Gasteiger charge is -2.26. The molecule has 0 aliphatic heterocycles. The summed E-state index contributed by atoms with van der Waals surface area (Å²) in [6.07, 6.45) is 1.14. The van der Waals surface area contributed by atoms with Crippen LogP contribution in [0.3, 0.4) is 0 Å². The number of nitrogens with one attached hydrogen (secondary N) is 1. The zero-order valence-electron chi connectivity index (χ0n) is 11.8. The van der Waals surface area contributed by atoms with Crippen molar-refractivity contribution in [1.29, 1.82) is 0 Å². The van der Waals surface area contributed by atoms with E-state index < -0.39 is 0 Å². The van der Waals surface area contributed by atoms with Crippen LogP contribution in [0.15, 0.2) is 29.6 Å². The van der Waals surface area contributed by atoms with E-state index in [1.807, 2.05) is 11.3 Å². The normalized spacial score (nSPS) is 12.5. The average molecular weight is 261 g/mol. The maximum atomic E-state index is 3.55. The molecule has 1 N–H and O–H groups in total. The summed E-state index contributed by atoms with van der Waals surface area (Å²) in [6, 6.07) is 9.27. The van der Waals surface area contributed by atoms with E-state index in [4.69, 9.17) is 0 Å². The molecule has 0 amide bonds. The minimum atomic E-state index is 0.300. The number of fused-ring (bicyclic) bond motifs is 1. The van der Waals surface area contributed by atoms with Gasteiger partial charge in [-0.1, -0.05) is 45.9 Å². The van der Waals surface area contributed by atoms with E-state index in [2.05, 4.69) is 62.7 Å². The van der Waals surface area contributed by atoms with Crippen molar-refractivity contribution >= 4 is 21.4 Å². The third-order valence-electron chi connectivity index (χ3n) is 3.22. The second-order valence-electron chi connectivity index (χ2n) is 6.13. The largest absolute Gasteiger partial charge is 0.314 e. The molecule has 0 saturated heterocycles. The van der Waals surface area contributed by atoms with Gasteiger partial charge in [0.15, 0.2) is 0 Å². The van der Waals surface area contributed by atoms with Gasteiger partial charge < -0.3 is 5.32 Å². The Morgan fingerprint density at radius 2 is 1.94 bits per heavy atom. The molecule has 2 rings (SSSR count). The minimum Gasteiger partial charge on any atom is -0.314 e. The Hall–Kier alpha value is -0.860. The van der Waals surface area contributed by atoms with Gasteiger partial charge in [0.05, 0.1) is 0 Å². The molecule has 0 fully saturated rings. The van der Waals surface area contributed by atoms with Gasteiger partial charge in [0.25, 0.3) is 0 Å². The molecule has 2 heteroatoms. The van der Waals surface area contributed by atoms with Gasteiger partial charge >= 0.3 is 0 Å². The van der Waals surface area contributed by atoms with Gasteiger partial charge in [0.1, 0.15) is 0 Å². The van der Waals surface area contributed by atoms with Crippen molar-refractivity contribution in [2.75, 3.05) is 6.54 Å². The molecule has 0 spiro atoms. The van der Waals surface area contributed by atoms with E-state index in [-0.39, 0.29) is 0 Å². The molecule has 0 unspecified atom stereocenters. The summed E-state index contributed by atoms with van der Waals surface area (Å²) in [4.78, 5) is 0. The van der Waals surface area contributed by atoms with Gasteiger partial charge in [0, 0.05) is 17.3 Å². The van der Waals surface area contributed by atoms with Gasteiger partial charge in [-0.2, -0.15) is 0 Å². The van der Waals surface area contributed by atoms with Crippen molar-refractivity contribution in [3.05, 3.63) is 35.2 Å². The molecule has 1 heterocycles. The highest BCUT2D eigenvalue weighted by atomic mass is 32.1. The molecule has 0 aliphatic rings. The monoisotopic (exact) mass is 261 g/mol. The lowest BCUT2D eigenvalue weighted by Crippen LogP contribution is -2.35. The zero-order chi connectivity index (χ0) is 13.2. The van der Waals surface area contributed by atoms with Crippen LogP contribution in [0.2, 0.25) is 0 Å². The second-order valence-corrected chi connectivity index (χ2v) is 7.04. The molecular weight excluding hydrogens is 238 g/mol. The van der Waals surface area contributed by atoms with E-state index in [0.29, 0.717) is 11.5 Å². The topological polar surface area (TPSA) is 12.0 Å². The highest BCUT2D eigenvalue weighted by Gasteiger charge is 2.20. The highest BCUT2D eigenvalue weighted by Crippen LogP contribution is 2.31. The van der Waals surface area contributed by atoms with Crippen molar-refractivity contribution in [2.45, 2.75) is 40.2 Å². The van der Waals surface area contributed by atoms with Crippen molar-refractivity contribution < 1.29 is 0 Å². The van der Waals surface area contributed by atoms with Crippen molar-refractivity contribution in [3.63, 3.8) is 0 Å². The first-order valence-corrected chi connectivity index (χ1v) is 7.54. The lowest BCUT2D eigenvalue weighted by atomic mass is 9.85. The molecule has 0 saturated carbocycles. The molecule has 1 aromatic carbocycles. The fourth-order valence-electron chi connectivity index (χ4n) is 2.23. The van der Waals surface area contributed by atoms with Gasteiger partial charge in [0.2, 0.25) is 0 Å². The molecule has 98 valence electrons. The molecule has 0 aliphatic carbocycles. The Bertz CT molecular complexity index is 511. The highest BCUT2D eigenvalue weighted by molar-refractivity contribution is 7.17. The van der Waals surface area contributed by atoms with Crippen LogP contribution < -0.4 is 5.32 Å². The number of benzene rings is 1. The van der Waals surface area contributed by atoms with E-state index in [9.17, 15) is 0 Å². The average Bonchev–Trinajstić information content (AvgIpc) is 2.70. The quantitative estimate of drug-likeness (QED) is 0.837. The summed E-state index contributed by atoms with van der Waals surface area (Å²) in [6.45, 7) is 10.2. The summed E-state index contributed by atoms with van der Waals surface area (Å²) >= 11 is 1.86. The maximum Gasteiger partial charge on any atom is 0.0345 e. The fourth-order valence-corrected chi connectivity index (χ4v) is 3.19. The summed E-state index contributed by atoms with van der Waals surface area (Å²) in [5.41, 5.74) is 1.79. The minimum absolute atomic E-state index is 0.300. The summed E-state index contributed by atoms with van der Waals surface area (Å²) in [7, 11) is 0. The Kier molecular flexibility index (Phi) is 4.08. The van der Waals surface area contributed by atoms with Crippen molar-refractivity contribution in [3.8, 4) is 0 Å². The third-order valence-corrected chi connectivity index (χ3v) is 4.23. The molecule has 18 heavy (non-hydrogen) atoms. The van der Waals surface area contributed by atoms with Gasteiger partial charge in [-0.15, -0.1) is 11.3 Å². The third kappa shape index (κ3) is 3.33. The predicted molar refractivity (Wildman–Crippen MR) is 82.4 cm³/mol. The van der Waals surface area contributed by atoms with Crippen LogP contribution in [0.5, 0.6) is 0 Å². The van der Waals surface area contributed by atoms with Gasteiger partial charge in [-0.05, 0) is 34.2 Å². The lowest BCUT2D eigenvalue weighted by molar-refractivity contribution is 0.327. The molecule has 2 aromatic rings. The Morgan fingerprint density at radius 1 is 1.22 bits per heavy atom. The Morgan fingerprint density at radius 3 is 2.67 bits per heavy atom. The first-order valence-electron chi connectivity index (χ1n) is 6.66. The first-order chi connectivity index (χ1) is 8.48. The van der Waals surface area contributed by atoms with Gasteiger partial charge in [-0.3, -0.25) is 0 Å². The first kappa shape index (κ1) is 13.6. The molecular formula is C16H23NS. The zero-order valence-corrected chi connectivity index (χ0v) is 12.6. The van der Waals surface area contributed by atoms with E-state index in [1.165, 1.54) is 15.6 Å². The van der Waals surface area contributed by atoms with Crippen molar-refractivity contribution in [2.24, 2.45) is 5.41 Å². The van der Waals surface area contributed by atoms with Crippen LogP contribution in [0.1, 0.15) is 33.3 Å². The fraction of sp³-hybridized carbons (Fsp3) is 0.500. The number of rotatable bonds is 5. The predicted octanol–water partition coefficient (Wildman–Crippen LogP) is 4.47. The second kappa shape index (κ2) is 5.41. The number of hydrogen-bond acceptors (Lipinski definition) is 2. The SMILES string of the molecule is CC(C)NCC(C)(C)Cc1csc2ccccc12. The van der Waals surface area contributed by atoms with Crippen LogP contribution in [-0.2, 0) is 6.42 Å². The van der Waals surface area contributed by atoms with Crippen LogP contribution in [-0.4, -0.2) is 12.6 Å². The van der Waals surface area contributed by atoms with Gasteiger partial charge in [-0.25, -0.2) is 0 Å². The molecule has 1 nitrogen and oxygen atoms in total. The van der Waals surface area contributed by atoms with Crippen molar-refractivity contribution in [1.82, 2.24) is 5.32 Å². The van der Waals surface area contributed by atoms with Crippen LogP contribution in [0, 0.1) is 5.41 Å². The number of thiophene rings is 1. The number of hydrogen-bond donors (Lipinski definition) is 1. The van der Waals surface area contributed by atoms with E-state index in [1.54, 1.807) is 0 Å². The van der Waals surface area contributed by atoms with Crippen LogP contribution in [0.4, 0.5) is 0 Å². The Balaban J connectivity index is 2.13. The summed E-state index contributed by atoms with van der Waals surface area (Å²) < 4.78 is 1.40. The van der Waals surface area contributed by atoms with Crippen LogP contribution >= 0.6 is 11.3 Å². The molecule has 0 radical (unpaired) electrons. The van der Waals surface area contributed by atoms with E-state index >= 15 is 0 Å². The molecule has 0 bridgehead atoms. The smallest absolute Gasteiger partial charge is 0.0345 e. The van der Waals surface area contributed by atoms with Crippen LogP contribution in [0.25, 0.3) is 10.1 Å². The molecule has 1 aromatic heterocycles. The standard InChI is InChI=1S/C16H23NS/c1-12(2)17-11-16(3,4)9-13-10-18-15-8-6-5-7-14(13)15/h5-8,10,12,17H,9,11H2,1-4H3. The summed E-state index contributed by atoms with van der Waals surface area (Å²) in [5, 5.41) is 7.30. The Labute approximate surface area is 114 Å².